The maximum absolute atomic E-state index is 5.39. The van der Waals surface area contributed by atoms with E-state index >= 15 is 0 Å². The largest absolute Gasteiger partial charge is 0.497 e. The van der Waals surface area contributed by atoms with E-state index in [4.69, 9.17) is 4.74 Å². The number of hydrogen-bond donors (Lipinski definition) is 1. The molecular weight excluding hydrogens is 298 g/mol. The van der Waals surface area contributed by atoms with Gasteiger partial charge in [0.25, 0.3) is 0 Å². The summed E-state index contributed by atoms with van der Waals surface area (Å²) in [5, 5.41) is 3.47. The zero-order valence-electron chi connectivity index (χ0n) is 14.3. The van der Waals surface area contributed by atoms with Gasteiger partial charge in [-0.3, -0.25) is 0 Å². The number of rotatable bonds is 6. The Balaban J connectivity index is 1.44. The third kappa shape index (κ3) is 3.32. The van der Waals surface area contributed by atoms with Gasteiger partial charge in [0, 0.05) is 19.6 Å². The van der Waals surface area contributed by atoms with Crippen molar-refractivity contribution in [1.29, 1.82) is 0 Å². The number of nitrogens with zero attached hydrogens (tertiary/aromatic N) is 2. The lowest BCUT2D eigenvalue weighted by Gasteiger charge is -2.17. The molecule has 24 heavy (non-hydrogen) atoms. The smallest absolute Gasteiger partial charge is 0.126 e. The highest BCUT2D eigenvalue weighted by Gasteiger charge is 2.26. The van der Waals surface area contributed by atoms with Crippen molar-refractivity contribution in [2.75, 3.05) is 30.4 Å². The van der Waals surface area contributed by atoms with Crippen molar-refractivity contribution in [3.63, 3.8) is 0 Å². The van der Waals surface area contributed by atoms with E-state index in [0.717, 1.165) is 37.1 Å². The van der Waals surface area contributed by atoms with E-state index in [1.165, 1.54) is 42.5 Å². The highest BCUT2D eigenvalue weighted by atomic mass is 16.5. The van der Waals surface area contributed by atoms with Gasteiger partial charge in [-0.25, -0.2) is 4.98 Å². The summed E-state index contributed by atoms with van der Waals surface area (Å²) in [6.07, 6.45) is 7.19. The summed E-state index contributed by atoms with van der Waals surface area (Å²) in [5.41, 5.74) is 4.01. The van der Waals surface area contributed by atoms with Crippen LogP contribution < -0.4 is 15.0 Å². The molecule has 1 saturated heterocycles. The molecule has 0 atom stereocenters. The molecule has 0 unspecified atom stereocenters. The predicted molar refractivity (Wildman–Crippen MR) is 98.0 cm³/mol. The van der Waals surface area contributed by atoms with Gasteiger partial charge in [-0.1, -0.05) is 6.07 Å². The summed E-state index contributed by atoms with van der Waals surface area (Å²) in [5.74, 6) is 2.59. The van der Waals surface area contributed by atoms with E-state index < -0.39 is 0 Å². The van der Waals surface area contributed by atoms with Gasteiger partial charge in [-0.2, -0.15) is 0 Å². The van der Waals surface area contributed by atoms with E-state index in [2.05, 4.69) is 45.5 Å². The molecule has 1 aliphatic heterocycles. The van der Waals surface area contributed by atoms with E-state index in [9.17, 15) is 0 Å². The highest BCUT2D eigenvalue weighted by molar-refractivity contribution is 5.50. The van der Waals surface area contributed by atoms with Crippen LogP contribution in [0.1, 0.15) is 42.7 Å². The first-order valence-electron chi connectivity index (χ1n) is 8.95. The second-order valence-corrected chi connectivity index (χ2v) is 6.79. The zero-order chi connectivity index (χ0) is 16.4. The van der Waals surface area contributed by atoms with Gasteiger partial charge >= 0.3 is 0 Å². The van der Waals surface area contributed by atoms with Crippen LogP contribution in [0.3, 0.4) is 0 Å². The van der Waals surface area contributed by atoms with Crippen molar-refractivity contribution < 1.29 is 4.74 Å². The Hall–Kier alpha value is -2.23. The maximum atomic E-state index is 5.39. The standard InChI is InChI=1S/C20H25N3O/c1-24-18-7-8-19(15-4-5-15)16(12-18)13-21-20-9-6-17(14-22-20)23-10-2-3-11-23/h6-9,12,14-15H,2-5,10-11,13H2,1H3,(H,21,22). The van der Waals surface area contributed by atoms with Crippen LogP contribution in [0, 0.1) is 0 Å². The number of anilines is 2. The topological polar surface area (TPSA) is 37.4 Å². The zero-order valence-corrected chi connectivity index (χ0v) is 14.3. The number of benzene rings is 1. The lowest BCUT2D eigenvalue weighted by atomic mass is 10.0. The first-order chi connectivity index (χ1) is 11.8. The van der Waals surface area contributed by atoms with E-state index in [1.807, 2.05) is 6.20 Å². The van der Waals surface area contributed by atoms with Gasteiger partial charge in [0.05, 0.1) is 19.0 Å². The molecule has 4 rings (SSSR count). The van der Waals surface area contributed by atoms with Gasteiger partial charge in [0.1, 0.15) is 11.6 Å². The van der Waals surface area contributed by atoms with Crippen LogP contribution in [-0.2, 0) is 6.54 Å². The summed E-state index contributed by atoms with van der Waals surface area (Å²) < 4.78 is 5.39. The van der Waals surface area contributed by atoms with Gasteiger partial charge in [-0.15, -0.1) is 0 Å². The molecule has 4 heteroatoms. The maximum Gasteiger partial charge on any atom is 0.126 e. The van der Waals surface area contributed by atoms with Crippen molar-refractivity contribution in [3.05, 3.63) is 47.7 Å². The van der Waals surface area contributed by atoms with E-state index in [0.29, 0.717) is 0 Å². The molecule has 2 heterocycles. The monoisotopic (exact) mass is 323 g/mol. The molecule has 0 bridgehead atoms. The van der Waals surface area contributed by atoms with Crippen LogP contribution in [0.5, 0.6) is 5.75 Å². The molecule has 1 aromatic carbocycles. The quantitative estimate of drug-likeness (QED) is 0.865. The normalized spacial score (nSPS) is 17.1. The Labute approximate surface area is 143 Å². The predicted octanol–water partition coefficient (Wildman–Crippen LogP) is 4.18. The van der Waals surface area contributed by atoms with Gasteiger partial charge in [-0.05, 0) is 67.0 Å². The van der Waals surface area contributed by atoms with Crippen LogP contribution in [0.4, 0.5) is 11.5 Å². The van der Waals surface area contributed by atoms with Gasteiger partial charge in [0.15, 0.2) is 0 Å². The Morgan fingerprint density at radius 1 is 1.17 bits per heavy atom. The molecule has 0 amide bonds. The Bertz CT molecular complexity index is 689. The summed E-state index contributed by atoms with van der Waals surface area (Å²) in [4.78, 5) is 6.99. The molecule has 1 saturated carbocycles. The minimum Gasteiger partial charge on any atom is -0.497 e. The van der Waals surface area contributed by atoms with Crippen molar-refractivity contribution in [3.8, 4) is 5.75 Å². The fourth-order valence-corrected chi connectivity index (χ4v) is 3.49. The number of hydrogen-bond acceptors (Lipinski definition) is 4. The molecule has 1 N–H and O–H groups in total. The minimum atomic E-state index is 0.734. The molecule has 2 aliphatic rings. The second-order valence-electron chi connectivity index (χ2n) is 6.79. The molecule has 1 aromatic heterocycles. The SMILES string of the molecule is COc1ccc(C2CC2)c(CNc2ccc(N3CCCC3)cn2)c1. The average Bonchev–Trinajstić information content (AvgIpc) is 3.33. The molecule has 2 aromatic rings. The first kappa shape index (κ1) is 15.3. The average molecular weight is 323 g/mol. The summed E-state index contributed by atoms with van der Waals surface area (Å²) >= 11 is 0. The van der Waals surface area contributed by atoms with Crippen LogP contribution in [0.25, 0.3) is 0 Å². The molecule has 126 valence electrons. The number of aromatic nitrogens is 1. The van der Waals surface area contributed by atoms with Crippen molar-refractivity contribution in [2.24, 2.45) is 0 Å². The fraction of sp³-hybridized carbons (Fsp3) is 0.450. The number of pyridine rings is 1. The Kier molecular flexibility index (Phi) is 4.28. The van der Waals surface area contributed by atoms with Crippen LogP contribution in [-0.4, -0.2) is 25.2 Å². The summed E-state index contributed by atoms with van der Waals surface area (Å²) in [6.45, 7) is 3.10. The fourth-order valence-electron chi connectivity index (χ4n) is 3.49. The Morgan fingerprint density at radius 2 is 2.00 bits per heavy atom. The highest BCUT2D eigenvalue weighted by Crippen LogP contribution is 2.42. The van der Waals surface area contributed by atoms with Gasteiger partial charge < -0.3 is 15.0 Å². The van der Waals surface area contributed by atoms with Crippen molar-refractivity contribution in [1.82, 2.24) is 4.98 Å². The third-order valence-corrected chi connectivity index (χ3v) is 5.05. The number of nitrogens with one attached hydrogen (secondary N) is 1. The lowest BCUT2D eigenvalue weighted by molar-refractivity contribution is 0.414. The molecule has 4 nitrogen and oxygen atoms in total. The van der Waals surface area contributed by atoms with Crippen LogP contribution in [0.15, 0.2) is 36.5 Å². The van der Waals surface area contributed by atoms with Gasteiger partial charge in [0.2, 0.25) is 0 Å². The molecular formula is C20H25N3O. The third-order valence-electron chi connectivity index (χ3n) is 5.05. The number of methoxy groups -OCH3 is 1. The molecule has 0 spiro atoms. The number of ether oxygens (including phenoxy) is 1. The van der Waals surface area contributed by atoms with E-state index in [1.54, 1.807) is 7.11 Å². The van der Waals surface area contributed by atoms with Crippen molar-refractivity contribution >= 4 is 11.5 Å². The summed E-state index contributed by atoms with van der Waals surface area (Å²) in [6, 6.07) is 10.7. The van der Waals surface area contributed by atoms with Crippen LogP contribution in [0.2, 0.25) is 0 Å². The molecule has 2 fully saturated rings. The molecule has 0 radical (unpaired) electrons. The van der Waals surface area contributed by atoms with Crippen molar-refractivity contribution in [2.45, 2.75) is 38.1 Å². The van der Waals surface area contributed by atoms with E-state index in [-0.39, 0.29) is 0 Å². The second kappa shape index (κ2) is 6.71. The Morgan fingerprint density at radius 3 is 2.67 bits per heavy atom. The lowest BCUT2D eigenvalue weighted by Crippen LogP contribution is -2.17. The molecule has 1 aliphatic carbocycles. The first-order valence-corrected chi connectivity index (χ1v) is 8.95. The van der Waals surface area contributed by atoms with Crippen LogP contribution >= 0.6 is 0 Å². The summed E-state index contributed by atoms with van der Waals surface area (Å²) in [7, 11) is 1.72. The minimum absolute atomic E-state index is 0.734.